The van der Waals surface area contributed by atoms with Crippen molar-refractivity contribution in [1.29, 1.82) is 5.41 Å². The summed E-state index contributed by atoms with van der Waals surface area (Å²) in [6.45, 7) is 1.67. The Labute approximate surface area is 126 Å². The molecule has 0 spiro atoms. The predicted octanol–water partition coefficient (Wildman–Crippen LogP) is 1.23. The molecule has 0 amide bonds. The summed E-state index contributed by atoms with van der Waals surface area (Å²) in [6, 6.07) is 5.94. The van der Waals surface area contributed by atoms with Gasteiger partial charge in [-0.25, -0.2) is 8.42 Å². The van der Waals surface area contributed by atoms with Gasteiger partial charge < -0.3 is 10.2 Å². The third kappa shape index (κ3) is 4.05. The maximum Gasteiger partial charge on any atom is 0.276 e. The molecule has 0 unspecified atom stereocenters. The van der Waals surface area contributed by atoms with E-state index in [4.69, 9.17) is 15.6 Å². The molecule has 21 heavy (non-hydrogen) atoms. The van der Waals surface area contributed by atoms with Crippen molar-refractivity contribution in [2.75, 3.05) is 11.5 Å². The minimum Gasteiger partial charge on any atom is -0.416 e. The van der Waals surface area contributed by atoms with Gasteiger partial charge in [-0.15, -0.1) is 10.2 Å². The number of nitrogens with two attached hydrogens (primary N) is 1. The Balaban J connectivity index is 1.99. The van der Waals surface area contributed by atoms with Gasteiger partial charge >= 0.3 is 0 Å². The SMILES string of the molecule is Cc1nnc(SCCS(=O)(=O)c2ccc(C(=N)N)cc2)o1. The van der Waals surface area contributed by atoms with E-state index < -0.39 is 9.84 Å². The van der Waals surface area contributed by atoms with Crippen LogP contribution in [0.5, 0.6) is 0 Å². The van der Waals surface area contributed by atoms with Crippen LogP contribution in [0.25, 0.3) is 0 Å². The number of nitrogens with zero attached hydrogens (tertiary/aromatic N) is 2. The number of benzene rings is 1. The third-order valence-electron chi connectivity index (χ3n) is 2.61. The van der Waals surface area contributed by atoms with Crippen molar-refractivity contribution in [3.05, 3.63) is 35.7 Å². The summed E-state index contributed by atoms with van der Waals surface area (Å²) in [5.41, 5.74) is 5.82. The molecule has 0 radical (unpaired) electrons. The number of sulfone groups is 1. The first-order valence-electron chi connectivity index (χ1n) is 5.98. The lowest BCUT2D eigenvalue weighted by atomic mass is 10.2. The van der Waals surface area contributed by atoms with Crippen molar-refractivity contribution in [1.82, 2.24) is 10.2 Å². The number of aryl methyl sites for hydroxylation is 1. The van der Waals surface area contributed by atoms with Gasteiger partial charge in [-0.2, -0.15) is 0 Å². The molecule has 0 saturated heterocycles. The highest BCUT2D eigenvalue weighted by molar-refractivity contribution is 8.00. The van der Waals surface area contributed by atoms with Gasteiger partial charge in [-0.3, -0.25) is 5.41 Å². The fourth-order valence-electron chi connectivity index (χ4n) is 1.54. The quantitative estimate of drug-likeness (QED) is 0.465. The largest absolute Gasteiger partial charge is 0.416 e. The van der Waals surface area contributed by atoms with Gasteiger partial charge in [0, 0.05) is 18.2 Å². The number of nitrogen functional groups attached to an aromatic ring is 1. The fraction of sp³-hybridized carbons (Fsp3) is 0.250. The number of aromatic nitrogens is 2. The van der Waals surface area contributed by atoms with E-state index in [1.165, 1.54) is 36.0 Å². The molecular weight excluding hydrogens is 312 g/mol. The van der Waals surface area contributed by atoms with Crippen molar-refractivity contribution in [3.63, 3.8) is 0 Å². The molecule has 0 atom stereocenters. The van der Waals surface area contributed by atoms with Crippen LogP contribution in [-0.4, -0.2) is 36.0 Å². The molecule has 7 nitrogen and oxygen atoms in total. The lowest BCUT2D eigenvalue weighted by Crippen LogP contribution is -2.12. The van der Waals surface area contributed by atoms with Crippen LogP contribution >= 0.6 is 11.8 Å². The van der Waals surface area contributed by atoms with Crippen LogP contribution in [0, 0.1) is 12.3 Å². The molecule has 0 bridgehead atoms. The fourth-order valence-corrected chi connectivity index (χ4v) is 3.99. The van der Waals surface area contributed by atoms with E-state index in [1.54, 1.807) is 6.92 Å². The second kappa shape index (κ2) is 6.27. The van der Waals surface area contributed by atoms with Crippen molar-refractivity contribution < 1.29 is 12.8 Å². The van der Waals surface area contributed by atoms with E-state index in [1.807, 2.05) is 0 Å². The number of thioether (sulfide) groups is 1. The molecule has 2 aromatic rings. The molecule has 0 aliphatic heterocycles. The van der Waals surface area contributed by atoms with E-state index >= 15 is 0 Å². The van der Waals surface area contributed by atoms with E-state index in [0.29, 0.717) is 22.4 Å². The number of hydrogen-bond acceptors (Lipinski definition) is 7. The van der Waals surface area contributed by atoms with E-state index in [9.17, 15) is 8.42 Å². The Morgan fingerprint density at radius 1 is 1.33 bits per heavy atom. The summed E-state index contributed by atoms with van der Waals surface area (Å²) in [7, 11) is -3.39. The summed E-state index contributed by atoms with van der Waals surface area (Å²) in [6.07, 6.45) is 0. The summed E-state index contributed by atoms with van der Waals surface area (Å²) in [5, 5.41) is 15.1. The molecule has 0 saturated carbocycles. The second-order valence-corrected chi connectivity index (χ2v) is 7.35. The predicted molar refractivity (Wildman–Crippen MR) is 79.3 cm³/mol. The molecule has 0 aliphatic rings. The molecule has 1 heterocycles. The first-order valence-corrected chi connectivity index (χ1v) is 8.62. The number of rotatable bonds is 6. The highest BCUT2D eigenvalue weighted by Gasteiger charge is 2.15. The summed E-state index contributed by atoms with van der Waals surface area (Å²) >= 11 is 1.20. The summed E-state index contributed by atoms with van der Waals surface area (Å²) < 4.78 is 29.4. The zero-order valence-electron chi connectivity index (χ0n) is 11.2. The van der Waals surface area contributed by atoms with Gasteiger partial charge in [0.25, 0.3) is 5.22 Å². The van der Waals surface area contributed by atoms with Crippen LogP contribution in [0.2, 0.25) is 0 Å². The standard InChI is InChI=1S/C12H14N4O3S2/c1-8-15-16-12(19-8)20-6-7-21(17,18)10-4-2-9(3-5-10)11(13)14/h2-5H,6-7H2,1H3,(H3,13,14). The van der Waals surface area contributed by atoms with Gasteiger partial charge in [0.1, 0.15) is 5.84 Å². The van der Waals surface area contributed by atoms with E-state index in [-0.39, 0.29) is 16.5 Å². The number of hydrogen-bond donors (Lipinski definition) is 2. The molecule has 9 heteroatoms. The summed E-state index contributed by atoms with van der Waals surface area (Å²) in [4.78, 5) is 0.204. The van der Waals surface area contributed by atoms with Gasteiger partial charge in [0.2, 0.25) is 5.89 Å². The van der Waals surface area contributed by atoms with E-state index in [2.05, 4.69) is 10.2 Å². The Hall–Kier alpha value is -1.87. The van der Waals surface area contributed by atoms with Crippen molar-refractivity contribution in [3.8, 4) is 0 Å². The first kappa shape index (κ1) is 15.5. The monoisotopic (exact) mass is 326 g/mol. The molecular formula is C12H14N4O3S2. The molecule has 2 rings (SSSR count). The second-order valence-electron chi connectivity index (χ2n) is 4.19. The normalized spacial score (nSPS) is 11.5. The Morgan fingerprint density at radius 2 is 2.00 bits per heavy atom. The topological polar surface area (TPSA) is 123 Å². The first-order chi connectivity index (χ1) is 9.88. The molecule has 0 aliphatic carbocycles. The highest BCUT2D eigenvalue weighted by atomic mass is 32.2. The molecule has 3 N–H and O–H groups in total. The lowest BCUT2D eigenvalue weighted by molar-refractivity contribution is 0.429. The lowest BCUT2D eigenvalue weighted by Gasteiger charge is -2.04. The van der Waals surface area contributed by atoms with Gasteiger partial charge in [-0.1, -0.05) is 23.9 Å². The van der Waals surface area contributed by atoms with Crippen molar-refractivity contribution in [2.45, 2.75) is 17.0 Å². The Kier molecular flexibility index (Phi) is 4.63. The van der Waals surface area contributed by atoms with Crippen molar-refractivity contribution in [2.24, 2.45) is 5.73 Å². The number of amidine groups is 1. The molecule has 1 aromatic carbocycles. The minimum atomic E-state index is -3.39. The Bertz CT molecular complexity index is 738. The van der Waals surface area contributed by atoms with Gasteiger partial charge in [0.15, 0.2) is 9.84 Å². The van der Waals surface area contributed by atoms with Crippen LogP contribution in [0.4, 0.5) is 0 Å². The van der Waals surface area contributed by atoms with Crippen LogP contribution in [0.15, 0.2) is 38.8 Å². The van der Waals surface area contributed by atoms with Crippen LogP contribution in [0.1, 0.15) is 11.5 Å². The average molecular weight is 326 g/mol. The van der Waals surface area contributed by atoms with Gasteiger partial charge in [0.05, 0.1) is 10.6 Å². The molecule has 112 valence electrons. The number of nitrogens with one attached hydrogen (secondary N) is 1. The minimum absolute atomic E-state index is 0.0431. The molecule has 1 aromatic heterocycles. The smallest absolute Gasteiger partial charge is 0.276 e. The maximum atomic E-state index is 12.1. The van der Waals surface area contributed by atoms with E-state index in [0.717, 1.165) is 0 Å². The highest BCUT2D eigenvalue weighted by Crippen LogP contribution is 2.18. The zero-order chi connectivity index (χ0) is 15.5. The zero-order valence-corrected chi connectivity index (χ0v) is 12.9. The summed E-state index contributed by atoms with van der Waals surface area (Å²) in [5.74, 6) is 0.623. The van der Waals surface area contributed by atoms with Crippen LogP contribution in [0.3, 0.4) is 0 Å². The van der Waals surface area contributed by atoms with Crippen LogP contribution < -0.4 is 5.73 Å². The maximum absolute atomic E-state index is 12.1. The Morgan fingerprint density at radius 3 is 2.52 bits per heavy atom. The molecule has 0 fully saturated rings. The van der Waals surface area contributed by atoms with Gasteiger partial charge in [-0.05, 0) is 12.1 Å². The van der Waals surface area contributed by atoms with Crippen molar-refractivity contribution >= 4 is 27.4 Å². The van der Waals surface area contributed by atoms with Crippen LogP contribution in [-0.2, 0) is 9.84 Å². The average Bonchev–Trinajstić information content (AvgIpc) is 2.84. The third-order valence-corrected chi connectivity index (χ3v) is 5.42.